The van der Waals surface area contributed by atoms with Gasteiger partial charge in [0, 0.05) is 23.8 Å². The summed E-state index contributed by atoms with van der Waals surface area (Å²) >= 11 is 0. The molecule has 0 radical (unpaired) electrons. The number of halogens is 1. The number of non-ortho nitro benzene ring substituents is 1. The van der Waals surface area contributed by atoms with Crippen molar-refractivity contribution in [2.24, 2.45) is 7.05 Å². The molecule has 0 saturated carbocycles. The van der Waals surface area contributed by atoms with E-state index in [1.165, 1.54) is 6.07 Å². The summed E-state index contributed by atoms with van der Waals surface area (Å²) in [5, 5.41) is 10.8. The molecule has 24 heavy (non-hydrogen) atoms. The number of imidazole rings is 1. The molecule has 0 amide bonds. The van der Waals surface area contributed by atoms with E-state index in [0.717, 1.165) is 17.0 Å². The number of hydrogen-bond acceptors (Lipinski definition) is 7. The zero-order valence-electron chi connectivity index (χ0n) is 12.2. The van der Waals surface area contributed by atoms with E-state index in [0.29, 0.717) is 0 Å². The molecule has 0 aliphatic heterocycles. The van der Waals surface area contributed by atoms with Crippen molar-refractivity contribution in [1.82, 2.24) is 9.55 Å². The van der Waals surface area contributed by atoms with Gasteiger partial charge in [0.1, 0.15) is 18.1 Å². The summed E-state index contributed by atoms with van der Waals surface area (Å²) in [6.07, 6.45) is 5.51. The highest BCUT2D eigenvalue weighted by atomic mass is 35.7. The number of aryl methyl sites for hydroxylation is 1. The fraction of sp³-hybridized carbons (Fsp3) is 0.0769. The van der Waals surface area contributed by atoms with Gasteiger partial charge in [-0.2, -0.15) is 0 Å². The SMILES string of the molecule is Cn1c(-c2cccc([N+](=O)[O-])c2)c[n+]2cccnc12.[O-][Cl+3]([O-])([O-])[O-]. The maximum Gasteiger partial charge on any atom is 0.403 e. The second-order valence-electron chi connectivity index (χ2n) is 4.59. The highest BCUT2D eigenvalue weighted by Crippen LogP contribution is 2.23. The van der Waals surface area contributed by atoms with Crippen LogP contribution in [-0.4, -0.2) is 14.5 Å². The van der Waals surface area contributed by atoms with Crippen LogP contribution in [0, 0.1) is 20.4 Å². The lowest BCUT2D eigenvalue weighted by Crippen LogP contribution is -2.68. The summed E-state index contributed by atoms with van der Waals surface area (Å²) in [4.78, 5) is 14.7. The molecule has 10 nitrogen and oxygen atoms in total. The van der Waals surface area contributed by atoms with Gasteiger partial charge in [-0.15, -0.1) is 10.2 Å². The highest BCUT2D eigenvalue weighted by Gasteiger charge is 2.17. The molecule has 3 rings (SSSR count). The Hall–Kier alpha value is -2.63. The molecule has 0 spiro atoms. The van der Waals surface area contributed by atoms with Crippen molar-refractivity contribution in [3.05, 3.63) is 59.0 Å². The van der Waals surface area contributed by atoms with Crippen molar-refractivity contribution in [2.75, 3.05) is 0 Å². The summed E-state index contributed by atoms with van der Waals surface area (Å²) in [6, 6.07) is 8.42. The number of nitro benzene ring substituents is 1. The van der Waals surface area contributed by atoms with Crippen LogP contribution >= 0.6 is 0 Å². The average Bonchev–Trinajstić information content (AvgIpc) is 2.83. The van der Waals surface area contributed by atoms with Crippen LogP contribution in [0.4, 0.5) is 5.69 Å². The Morgan fingerprint density at radius 3 is 2.46 bits per heavy atom. The van der Waals surface area contributed by atoms with Crippen LogP contribution in [0.2, 0.25) is 0 Å². The molecule has 0 unspecified atom stereocenters. The minimum absolute atomic E-state index is 0.0840. The van der Waals surface area contributed by atoms with E-state index in [-0.39, 0.29) is 5.69 Å². The minimum Gasteiger partial charge on any atom is -0.258 e. The number of aromatic nitrogens is 3. The topological polar surface area (TPSA) is 157 Å². The van der Waals surface area contributed by atoms with Gasteiger partial charge in [0.25, 0.3) is 5.69 Å². The van der Waals surface area contributed by atoms with E-state index < -0.39 is 15.2 Å². The smallest absolute Gasteiger partial charge is 0.258 e. The molecule has 126 valence electrons. The van der Waals surface area contributed by atoms with Crippen molar-refractivity contribution in [2.45, 2.75) is 0 Å². The number of rotatable bonds is 2. The molecule has 0 N–H and O–H groups in total. The maximum absolute atomic E-state index is 10.8. The molecule has 11 heteroatoms. The Balaban J connectivity index is 0.000000368. The van der Waals surface area contributed by atoms with Crippen molar-refractivity contribution >= 4 is 11.5 Å². The molecular formula is C13H11ClN4O6. The van der Waals surface area contributed by atoms with Crippen LogP contribution in [0.25, 0.3) is 17.0 Å². The molecule has 0 saturated heterocycles. The number of hydrogen-bond donors (Lipinski definition) is 0. The molecule has 0 bridgehead atoms. The minimum atomic E-state index is -4.94. The van der Waals surface area contributed by atoms with Crippen LogP contribution in [0.5, 0.6) is 0 Å². The van der Waals surface area contributed by atoms with Crippen LogP contribution in [0.1, 0.15) is 0 Å². The predicted octanol–water partition coefficient (Wildman–Crippen LogP) is -3.02. The van der Waals surface area contributed by atoms with E-state index >= 15 is 0 Å². The first kappa shape index (κ1) is 17.7. The first-order valence-corrected chi connectivity index (χ1v) is 7.58. The molecular weight excluding hydrogens is 344 g/mol. The fourth-order valence-corrected chi connectivity index (χ4v) is 2.11. The Labute approximate surface area is 137 Å². The third kappa shape index (κ3) is 4.44. The molecule has 3 aromatic rings. The van der Waals surface area contributed by atoms with Crippen LogP contribution in [-0.2, 0) is 7.05 Å². The molecule has 1 aromatic carbocycles. The van der Waals surface area contributed by atoms with Gasteiger partial charge in [-0.1, -0.05) is 17.1 Å². The summed E-state index contributed by atoms with van der Waals surface area (Å²) in [6.45, 7) is 0. The van der Waals surface area contributed by atoms with Gasteiger partial charge in [-0.3, -0.25) is 10.1 Å². The second kappa shape index (κ2) is 6.86. The van der Waals surface area contributed by atoms with E-state index in [1.807, 2.05) is 40.5 Å². The standard InChI is InChI=1S/C13H11N4O2.ClHO4/c1-15-12(9-16-7-3-6-14-13(15)16)10-4-2-5-11(8-10)17(18)19;2-1(3,4)5/h2-9H,1H3;(H,2,3,4,5)/q+1;/p-1. The first-order chi connectivity index (χ1) is 11.2. The number of fused-ring (bicyclic) bond motifs is 1. The lowest BCUT2D eigenvalue weighted by atomic mass is 10.1. The van der Waals surface area contributed by atoms with Crippen molar-refractivity contribution < 1.29 is 38.2 Å². The van der Waals surface area contributed by atoms with Gasteiger partial charge in [-0.05, 0) is 0 Å². The Morgan fingerprint density at radius 1 is 1.21 bits per heavy atom. The summed E-state index contributed by atoms with van der Waals surface area (Å²) in [5.41, 5.74) is 1.75. The number of nitro groups is 1. The van der Waals surface area contributed by atoms with E-state index in [4.69, 9.17) is 18.6 Å². The lowest BCUT2D eigenvalue weighted by Gasteiger charge is -2.17. The van der Waals surface area contributed by atoms with Gasteiger partial charge < -0.3 is 0 Å². The van der Waals surface area contributed by atoms with Crippen LogP contribution < -0.4 is 23.0 Å². The molecule has 0 aliphatic rings. The maximum atomic E-state index is 10.8. The van der Waals surface area contributed by atoms with Gasteiger partial charge in [0.15, 0.2) is 0 Å². The van der Waals surface area contributed by atoms with Gasteiger partial charge in [0.05, 0.1) is 18.2 Å². The van der Waals surface area contributed by atoms with Gasteiger partial charge in [0.2, 0.25) is 0 Å². The van der Waals surface area contributed by atoms with Crippen molar-refractivity contribution in [3.63, 3.8) is 0 Å². The van der Waals surface area contributed by atoms with Gasteiger partial charge >= 0.3 is 5.78 Å². The van der Waals surface area contributed by atoms with Crippen molar-refractivity contribution in [3.8, 4) is 11.3 Å². The normalized spacial score (nSPS) is 11.0. The monoisotopic (exact) mass is 354 g/mol. The Morgan fingerprint density at radius 2 is 1.88 bits per heavy atom. The van der Waals surface area contributed by atoms with E-state index in [9.17, 15) is 10.1 Å². The van der Waals surface area contributed by atoms with Crippen LogP contribution in [0.3, 0.4) is 0 Å². The van der Waals surface area contributed by atoms with E-state index in [2.05, 4.69) is 4.98 Å². The van der Waals surface area contributed by atoms with Gasteiger partial charge in [-0.25, -0.2) is 27.6 Å². The molecule has 0 aliphatic carbocycles. The largest absolute Gasteiger partial charge is 0.403 e. The zero-order valence-corrected chi connectivity index (χ0v) is 13.0. The first-order valence-electron chi connectivity index (χ1n) is 6.35. The third-order valence-corrected chi connectivity index (χ3v) is 3.03. The molecule has 0 fully saturated rings. The summed E-state index contributed by atoms with van der Waals surface area (Å²) < 4.78 is 37.8. The number of benzene rings is 1. The molecule has 0 atom stereocenters. The molecule has 2 heterocycles. The molecule has 2 aromatic heterocycles. The third-order valence-electron chi connectivity index (χ3n) is 3.03. The second-order valence-corrected chi connectivity index (χ2v) is 5.34. The predicted molar refractivity (Wildman–Crippen MR) is 68.5 cm³/mol. The Kier molecular flexibility index (Phi) is 5.07. The van der Waals surface area contributed by atoms with Crippen LogP contribution in [0.15, 0.2) is 48.9 Å². The zero-order chi connectivity index (χ0) is 17.9. The summed E-state index contributed by atoms with van der Waals surface area (Å²) in [5.74, 6) is 0.781. The van der Waals surface area contributed by atoms with Crippen molar-refractivity contribution in [1.29, 1.82) is 0 Å². The van der Waals surface area contributed by atoms with E-state index in [1.54, 1.807) is 18.3 Å². The fourth-order valence-electron chi connectivity index (χ4n) is 2.11. The summed E-state index contributed by atoms with van der Waals surface area (Å²) in [7, 11) is -3.06. The lowest BCUT2D eigenvalue weighted by molar-refractivity contribution is -2.00. The highest BCUT2D eigenvalue weighted by molar-refractivity contribution is 5.63. The average molecular weight is 355 g/mol. The quantitative estimate of drug-likeness (QED) is 0.269. The Bertz CT molecular complexity index is 870. The number of nitrogens with zero attached hydrogens (tertiary/aromatic N) is 4.